The zero-order valence-electron chi connectivity index (χ0n) is 19.0. The highest BCUT2D eigenvalue weighted by Crippen LogP contribution is 2.31. The number of benzene rings is 3. The molecule has 5 nitrogen and oxygen atoms in total. The Labute approximate surface area is 199 Å². The summed E-state index contributed by atoms with van der Waals surface area (Å²) >= 11 is 0. The monoisotopic (exact) mass is 489 g/mol. The molecule has 0 spiro atoms. The van der Waals surface area contributed by atoms with E-state index < -0.39 is 35.0 Å². The van der Waals surface area contributed by atoms with Crippen LogP contribution in [0.1, 0.15) is 50.8 Å². The molecule has 0 aromatic heterocycles. The molecular formula is C26H23F4NO4. The van der Waals surface area contributed by atoms with Crippen molar-refractivity contribution in [3.63, 3.8) is 0 Å². The van der Waals surface area contributed by atoms with Crippen molar-refractivity contribution in [1.29, 1.82) is 0 Å². The van der Waals surface area contributed by atoms with Crippen LogP contribution in [0.15, 0.2) is 54.6 Å². The third-order valence-electron chi connectivity index (χ3n) is 5.29. The second kappa shape index (κ2) is 10.6. The molecule has 2 N–H and O–H groups in total. The predicted octanol–water partition coefficient (Wildman–Crippen LogP) is 6.24. The van der Waals surface area contributed by atoms with Crippen LogP contribution < -0.4 is 10.1 Å². The van der Waals surface area contributed by atoms with Crippen LogP contribution in [-0.4, -0.2) is 23.6 Å². The first-order valence-corrected chi connectivity index (χ1v) is 10.8. The summed E-state index contributed by atoms with van der Waals surface area (Å²) in [6.45, 7) is 4.05. The zero-order chi connectivity index (χ0) is 25.8. The maximum Gasteiger partial charge on any atom is 0.416 e. The molecule has 0 aliphatic rings. The molecule has 0 saturated heterocycles. The first-order valence-electron chi connectivity index (χ1n) is 10.8. The van der Waals surface area contributed by atoms with E-state index in [1.165, 1.54) is 6.07 Å². The normalized spacial score (nSPS) is 11.3. The fourth-order valence-electron chi connectivity index (χ4n) is 3.50. The van der Waals surface area contributed by atoms with Crippen molar-refractivity contribution in [3.8, 4) is 16.9 Å². The van der Waals surface area contributed by atoms with Crippen LogP contribution in [0.2, 0.25) is 0 Å². The molecule has 3 rings (SSSR count). The number of hydrogen-bond donors (Lipinski definition) is 2. The molecule has 3 aromatic rings. The molecule has 3 aromatic carbocycles. The smallest absolute Gasteiger partial charge is 0.416 e. The summed E-state index contributed by atoms with van der Waals surface area (Å²) in [6.07, 6.45) is -3.98. The Bertz CT molecular complexity index is 1250. The molecule has 0 fully saturated rings. The van der Waals surface area contributed by atoms with Gasteiger partial charge in [-0.2, -0.15) is 13.2 Å². The summed E-state index contributed by atoms with van der Waals surface area (Å²) in [5.41, 5.74) is 1.28. The molecule has 0 bridgehead atoms. The average molecular weight is 489 g/mol. The quantitative estimate of drug-likeness (QED) is 0.368. The largest absolute Gasteiger partial charge is 0.493 e. The lowest BCUT2D eigenvalue weighted by Crippen LogP contribution is -2.24. The van der Waals surface area contributed by atoms with E-state index >= 15 is 0 Å². The lowest BCUT2D eigenvalue weighted by molar-refractivity contribution is -0.137. The van der Waals surface area contributed by atoms with Crippen LogP contribution in [-0.2, 0) is 12.7 Å². The van der Waals surface area contributed by atoms with E-state index in [4.69, 9.17) is 4.74 Å². The summed E-state index contributed by atoms with van der Waals surface area (Å²) in [6, 6.07) is 11.7. The number of hydrogen-bond acceptors (Lipinski definition) is 3. The number of nitrogens with one attached hydrogen (secondary N) is 1. The third-order valence-corrected chi connectivity index (χ3v) is 5.29. The molecule has 0 heterocycles. The van der Waals surface area contributed by atoms with Crippen molar-refractivity contribution in [2.45, 2.75) is 33.0 Å². The van der Waals surface area contributed by atoms with Crippen LogP contribution in [0.4, 0.5) is 17.6 Å². The first kappa shape index (κ1) is 25.7. The Hall–Kier alpha value is -3.88. The summed E-state index contributed by atoms with van der Waals surface area (Å²) in [4.78, 5) is 23.7. The first-order chi connectivity index (χ1) is 16.5. The Balaban J connectivity index is 1.87. The summed E-state index contributed by atoms with van der Waals surface area (Å²) in [5, 5.41) is 11.7. The fraction of sp³-hybridized carbons (Fsp3) is 0.231. The molecule has 1 amide bonds. The SMILES string of the molecule is CCCOc1ccc(-c2ccc(C(=O)O)cc2C)cc1CNC(=O)c1ccc(C(F)(F)F)cc1F. The van der Waals surface area contributed by atoms with Gasteiger partial charge in [0.1, 0.15) is 11.6 Å². The maximum atomic E-state index is 14.2. The van der Waals surface area contributed by atoms with E-state index in [9.17, 15) is 32.3 Å². The second-order valence-electron chi connectivity index (χ2n) is 7.88. The molecule has 0 radical (unpaired) electrons. The van der Waals surface area contributed by atoms with E-state index in [2.05, 4.69) is 5.32 Å². The van der Waals surface area contributed by atoms with Crippen molar-refractivity contribution in [1.82, 2.24) is 5.32 Å². The number of aromatic carboxylic acids is 1. The number of amides is 1. The van der Waals surface area contributed by atoms with Gasteiger partial charge in [-0.3, -0.25) is 4.79 Å². The number of carbonyl (C=O) groups excluding carboxylic acids is 1. The van der Waals surface area contributed by atoms with Crippen LogP contribution in [0, 0.1) is 12.7 Å². The number of carboxylic acid groups (broad SMARTS) is 1. The molecule has 0 saturated carbocycles. The standard InChI is InChI=1S/C26H23F4NO4/c1-3-10-35-23-9-5-16(20-7-4-17(25(33)34)11-15(20)2)12-18(23)14-31-24(32)21-8-6-19(13-22(21)27)26(28,29)30/h4-9,11-13H,3,10,14H2,1-2H3,(H,31,32)(H,33,34). The summed E-state index contributed by atoms with van der Waals surface area (Å²) < 4.78 is 58.3. The van der Waals surface area contributed by atoms with E-state index in [0.717, 1.165) is 29.2 Å². The van der Waals surface area contributed by atoms with E-state index in [-0.39, 0.29) is 18.2 Å². The number of alkyl halides is 3. The van der Waals surface area contributed by atoms with Crippen LogP contribution in [0.5, 0.6) is 5.75 Å². The van der Waals surface area contributed by atoms with E-state index in [1.807, 2.05) is 6.92 Å². The Morgan fingerprint density at radius 3 is 2.37 bits per heavy atom. The Kier molecular flexibility index (Phi) is 7.78. The molecule has 0 unspecified atom stereocenters. The molecule has 9 heteroatoms. The highest BCUT2D eigenvalue weighted by molar-refractivity contribution is 5.94. The average Bonchev–Trinajstić information content (AvgIpc) is 2.80. The van der Waals surface area contributed by atoms with Crippen LogP contribution >= 0.6 is 0 Å². The lowest BCUT2D eigenvalue weighted by Gasteiger charge is -2.15. The summed E-state index contributed by atoms with van der Waals surface area (Å²) in [7, 11) is 0. The molecule has 35 heavy (non-hydrogen) atoms. The van der Waals surface area contributed by atoms with Crippen molar-refractivity contribution in [2.24, 2.45) is 0 Å². The number of carboxylic acids is 1. The van der Waals surface area contributed by atoms with Gasteiger partial charge in [0.2, 0.25) is 0 Å². The van der Waals surface area contributed by atoms with Crippen LogP contribution in [0.25, 0.3) is 11.1 Å². The van der Waals surface area contributed by atoms with E-state index in [1.54, 1.807) is 37.3 Å². The van der Waals surface area contributed by atoms with E-state index in [0.29, 0.717) is 24.0 Å². The molecule has 184 valence electrons. The van der Waals surface area contributed by atoms with Gasteiger partial charge in [0.15, 0.2) is 0 Å². The molecule has 0 atom stereocenters. The predicted molar refractivity (Wildman–Crippen MR) is 122 cm³/mol. The number of aryl methyl sites for hydroxylation is 1. The molecule has 0 aliphatic carbocycles. The molecule has 0 aliphatic heterocycles. The van der Waals surface area contributed by atoms with Crippen molar-refractivity contribution >= 4 is 11.9 Å². The fourth-order valence-corrected chi connectivity index (χ4v) is 3.50. The van der Waals surface area contributed by atoms with Gasteiger partial charge in [-0.25, -0.2) is 9.18 Å². The third kappa shape index (κ3) is 6.17. The van der Waals surface area contributed by atoms with Gasteiger partial charge in [-0.15, -0.1) is 0 Å². The highest BCUT2D eigenvalue weighted by Gasteiger charge is 2.31. The van der Waals surface area contributed by atoms with Crippen molar-refractivity contribution in [2.75, 3.05) is 6.61 Å². The van der Waals surface area contributed by atoms with Gasteiger partial charge in [-0.05, 0) is 72.5 Å². The zero-order valence-corrected chi connectivity index (χ0v) is 19.0. The van der Waals surface area contributed by atoms with Gasteiger partial charge in [0.25, 0.3) is 5.91 Å². The number of halogens is 4. The van der Waals surface area contributed by atoms with Gasteiger partial charge in [-0.1, -0.05) is 19.1 Å². The number of carbonyl (C=O) groups is 2. The van der Waals surface area contributed by atoms with Crippen LogP contribution in [0.3, 0.4) is 0 Å². The Morgan fingerprint density at radius 2 is 1.77 bits per heavy atom. The number of rotatable bonds is 8. The minimum Gasteiger partial charge on any atom is -0.493 e. The lowest BCUT2D eigenvalue weighted by atomic mass is 9.96. The van der Waals surface area contributed by atoms with Gasteiger partial charge in [0, 0.05) is 12.1 Å². The Morgan fingerprint density at radius 1 is 1.03 bits per heavy atom. The van der Waals surface area contributed by atoms with Crippen molar-refractivity contribution in [3.05, 3.63) is 88.2 Å². The van der Waals surface area contributed by atoms with Crippen molar-refractivity contribution < 1.29 is 37.0 Å². The minimum absolute atomic E-state index is 0.0710. The summed E-state index contributed by atoms with van der Waals surface area (Å²) in [5.74, 6) is -2.70. The number of ether oxygens (including phenoxy) is 1. The molecular weight excluding hydrogens is 466 g/mol. The minimum atomic E-state index is -4.72. The van der Waals surface area contributed by atoms with Gasteiger partial charge >= 0.3 is 12.1 Å². The maximum absolute atomic E-state index is 14.2. The topological polar surface area (TPSA) is 75.6 Å². The second-order valence-corrected chi connectivity index (χ2v) is 7.88. The van der Waals surface area contributed by atoms with Gasteiger partial charge in [0.05, 0.1) is 23.3 Å². The highest BCUT2D eigenvalue weighted by atomic mass is 19.4. The van der Waals surface area contributed by atoms with Gasteiger partial charge < -0.3 is 15.2 Å².